The van der Waals surface area contributed by atoms with Crippen LogP contribution in [-0.4, -0.2) is 42.1 Å². The van der Waals surface area contributed by atoms with Gasteiger partial charge in [0.1, 0.15) is 0 Å². The smallest absolute Gasteiger partial charge is 0.321 e. The van der Waals surface area contributed by atoms with Gasteiger partial charge < -0.3 is 15.1 Å². The van der Waals surface area contributed by atoms with Gasteiger partial charge in [-0.25, -0.2) is 9.78 Å². The van der Waals surface area contributed by atoms with E-state index in [0.29, 0.717) is 13.1 Å². The molecule has 0 radical (unpaired) electrons. The van der Waals surface area contributed by atoms with Gasteiger partial charge in [-0.1, -0.05) is 48.0 Å². The van der Waals surface area contributed by atoms with Crippen molar-refractivity contribution in [3.05, 3.63) is 65.5 Å². The summed E-state index contributed by atoms with van der Waals surface area (Å²) >= 11 is 1.66. The number of benzene rings is 2. The molecule has 138 valence electrons. The first-order valence-electron chi connectivity index (χ1n) is 9.07. The van der Waals surface area contributed by atoms with Crippen molar-refractivity contribution in [2.45, 2.75) is 6.92 Å². The Morgan fingerprint density at radius 2 is 1.70 bits per heavy atom. The van der Waals surface area contributed by atoms with Crippen LogP contribution in [0.3, 0.4) is 0 Å². The molecule has 1 aliphatic rings. The molecule has 0 unspecified atom stereocenters. The fourth-order valence-corrected chi connectivity index (χ4v) is 3.98. The summed E-state index contributed by atoms with van der Waals surface area (Å²) in [5.74, 6) is 0. The number of amides is 2. The molecular formula is C21H22N4OS. The normalized spacial score (nSPS) is 14.3. The Morgan fingerprint density at radius 1 is 1.00 bits per heavy atom. The number of nitrogens with one attached hydrogen (secondary N) is 1. The Morgan fingerprint density at radius 3 is 2.41 bits per heavy atom. The summed E-state index contributed by atoms with van der Waals surface area (Å²) in [6.45, 7) is 5.06. The van der Waals surface area contributed by atoms with Crippen LogP contribution in [0.1, 0.15) is 5.56 Å². The monoisotopic (exact) mass is 378 g/mol. The Kier molecular flexibility index (Phi) is 5.07. The van der Waals surface area contributed by atoms with E-state index in [-0.39, 0.29) is 6.03 Å². The van der Waals surface area contributed by atoms with Gasteiger partial charge in [-0.05, 0) is 19.1 Å². The zero-order valence-corrected chi connectivity index (χ0v) is 16.1. The van der Waals surface area contributed by atoms with Crippen LogP contribution < -0.4 is 10.2 Å². The number of carbonyl (C=O) groups excluding carboxylic acids is 1. The highest BCUT2D eigenvalue weighted by atomic mass is 32.1. The van der Waals surface area contributed by atoms with E-state index in [0.717, 1.165) is 35.2 Å². The summed E-state index contributed by atoms with van der Waals surface area (Å²) in [6.07, 6.45) is 0. The number of anilines is 2. The minimum Gasteiger partial charge on any atom is -0.345 e. The third-order valence-electron chi connectivity index (χ3n) is 4.70. The zero-order chi connectivity index (χ0) is 18.6. The molecule has 4 rings (SSSR count). The minimum absolute atomic E-state index is 0.0414. The van der Waals surface area contributed by atoms with Crippen LogP contribution in [-0.2, 0) is 0 Å². The lowest BCUT2D eigenvalue weighted by molar-refractivity contribution is 0.208. The van der Waals surface area contributed by atoms with Crippen molar-refractivity contribution in [2.75, 3.05) is 36.4 Å². The zero-order valence-electron chi connectivity index (χ0n) is 15.3. The average molecular weight is 379 g/mol. The van der Waals surface area contributed by atoms with Crippen molar-refractivity contribution in [3.63, 3.8) is 0 Å². The van der Waals surface area contributed by atoms with E-state index in [1.165, 1.54) is 5.56 Å². The molecule has 0 saturated carbocycles. The number of hydrogen-bond acceptors (Lipinski definition) is 4. The summed E-state index contributed by atoms with van der Waals surface area (Å²) in [4.78, 5) is 21.3. The topological polar surface area (TPSA) is 48.5 Å². The van der Waals surface area contributed by atoms with Gasteiger partial charge in [0, 0.05) is 42.8 Å². The van der Waals surface area contributed by atoms with Crippen LogP contribution >= 0.6 is 11.3 Å². The van der Waals surface area contributed by atoms with Gasteiger partial charge in [0.05, 0.1) is 5.69 Å². The molecule has 0 aliphatic carbocycles. The number of thiazole rings is 1. The number of hydrogen-bond donors (Lipinski definition) is 1. The van der Waals surface area contributed by atoms with E-state index >= 15 is 0 Å². The Balaban J connectivity index is 1.35. The van der Waals surface area contributed by atoms with Crippen molar-refractivity contribution in [2.24, 2.45) is 0 Å². The second kappa shape index (κ2) is 7.80. The highest BCUT2D eigenvalue weighted by molar-refractivity contribution is 7.14. The molecule has 1 N–H and O–H groups in total. The summed E-state index contributed by atoms with van der Waals surface area (Å²) in [6, 6.07) is 18.0. The van der Waals surface area contributed by atoms with Crippen molar-refractivity contribution >= 4 is 28.2 Å². The molecule has 0 spiro atoms. The number of aromatic nitrogens is 1. The predicted molar refractivity (Wildman–Crippen MR) is 112 cm³/mol. The molecule has 2 amide bonds. The van der Waals surface area contributed by atoms with Gasteiger partial charge in [-0.15, -0.1) is 11.3 Å². The largest absolute Gasteiger partial charge is 0.345 e. The maximum absolute atomic E-state index is 12.4. The van der Waals surface area contributed by atoms with E-state index in [9.17, 15) is 4.79 Å². The molecule has 5 nitrogen and oxygen atoms in total. The molecule has 1 aromatic heterocycles. The molecule has 1 aliphatic heterocycles. The first kappa shape index (κ1) is 17.5. The second-order valence-corrected chi connectivity index (χ2v) is 7.49. The summed E-state index contributed by atoms with van der Waals surface area (Å²) in [5.41, 5.74) is 4.23. The van der Waals surface area contributed by atoms with Gasteiger partial charge in [0.25, 0.3) is 0 Å². The summed E-state index contributed by atoms with van der Waals surface area (Å²) in [7, 11) is 0. The number of para-hydroxylation sites is 1. The second-order valence-electron chi connectivity index (χ2n) is 6.65. The molecule has 3 aromatic rings. The highest BCUT2D eigenvalue weighted by Crippen LogP contribution is 2.28. The van der Waals surface area contributed by atoms with Crippen molar-refractivity contribution in [1.29, 1.82) is 0 Å². The lowest BCUT2D eigenvalue weighted by Crippen LogP contribution is -2.50. The lowest BCUT2D eigenvalue weighted by atomic mass is 10.1. The van der Waals surface area contributed by atoms with E-state index in [2.05, 4.69) is 46.8 Å². The van der Waals surface area contributed by atoms with Crippen LogP contribution in [0.2, 0.25) is 0 Å². The molecule has 2 aromatic carbocycles. The molecular weight excluding hydrogens is 356 g/mol. The third kappa shape index (κ3) is 4.11. The first-order chi connectivity index (χ1) is 13.2. The average Bonchev–Trinajstić information content (AvgIpc) is 3.20. The molecule has 1 fully saturated rings. The number of nitrogens with zero attached hydrogens (tertiary/aromatic N) is 3. The fourth-order valence-electron chi connectivity index (χ4n) is 3.09. The molecule has 0 bridgehead atoms. The van der Waals surface area contributed by atoms with Gasteiger partial charge in [0.15, 0.2) is 5.13 Å². The highest BCUT2D eigenvalue weighted by Gasteiger charge is 2.23. The maximum atomic E-state index is 12.4. The lowest BCUT2D eigenvalue weighted by Gasteiger charge is -2.34. The van der Waals surface area contributed by atoms with Crippen LogP contribution in [0.15, 0.2) is 60.0 Å². The molecule has 2 heterocycles. The molecule has 1 saturated heterocycles. The Hall–Kier alpha value is -2.86. The van der Waals surface area contributed by atoms with Gasteiger partial charge in [0.2, 0.25) is 0 Å². The van der Waals surface area contributed by atoms with Crippen LogP contribution in [0.25, 0.3) is 11.3 Å². The van der Waals surface area contributed by atoms with E-state index in [1.807, 2.05) is 35.2 Å². The number of piperazine rings is 1. The predicted octanol–water partition coefficient (Wildman–Crippen LogP) is 4.47. The van der Waals surface area contributed by atoms with Crippen LogP contribution in [0.4, 0.5) is 15.6 Å². The van der Waals surface area contributed by atoms with Gasteiger partial charge >= 0.3 is 6.03 Å². The van der Waals surface area contributed by atoms with Crippen molar-refractivity contribution < 1.29 is 4.79 Å². The van der Waals surface area contributed by atoms with Crippen LogP contribution in [0, 0.1) is 6.92 Å². The number of urea groups is 1. The Bertz CT molecular complexity index is 899. The maximum Gasteiger partial charge on any atom is 0.321 e. The summed E-state index contributed by atoms with van der Waals surface area (Å²) in [5, 5.41) is 6.08. The fraction of sp³-hybridized carbons (Fsp3) is 0.238. The van der Waals surface area contributed by atoms with E-state index in [4.69, 9.17) is 4.98 Å². The standard InChI is InChI=1S/C21H22N4OS/c1-16-7-9-17(10-8-16)19-15-27-21(23-19)25-13-11-24(12-14-25)20(26)22-18-5-3-2-4-6-18/h2-10,15H,11-14H2,1H3,(H,22,26). The van der Waals surface area contributed by atoms with Gasteiger partial charge in [-0.3, -0.25) is 0 Å². The van der Waals surface area contributed by atoms with E-state index < -0.39 is 0 Å². The third-order valence-corrected chi connectivity index (χ3v) is 5.60. The summed E-state index contributed by atoms with van der Waals surface area (Å²) < 4.78 is 0. The van der Waals surface area contributed by atoms with Crippen molar-refractivity contribution in [1.82, 2.24) is 9.88 Å². The van der Waals surface area contributed by atoms with Crippen LogP contribution in [0.5, 0.6) is 0 Å². The first-order valence-corrected chi connectivity index (χ1v) is 9.95. The van der Waals surface area contributed by atoms with Crippen molar-refractivity contribution in [3.8, 4) is 11.3 Å². The molecule has 27 heavy (non-hydrogen) atoms. The Labute approximate surface area is 163 Å². The molecule has 0 atom stereocenters. The minimum atomic E-state index is -0.0414. The number of carbonyl (C=O) groups is 1. The van der Waals surface area contributed by atoms with Gasteiger partial charge in [-0.2, -0.15) is 0 Å². The molecule has 6 heteroatoms. The van der Waals surface area contributed by atoms with E-state index in [1.54, 1.807) is 11.3 Å². The quantitative estimate of drug-likeness (QED) is 0.731. The number of rotatable bonds is 3. The number of aryl methyl sites for hydroxylation is 1. The SMILES string of the molecule is Cc1ccc(-c2csc(N3CCN(C(=O)Nc4ccccc4)CC3)n2)cc1.